The molecule has 1 aliphatic heterocycles. The van der Waals surface area contributed by atoms with Crippen molar-refractivity contribution in [2.24, 2.45) is 5.73 Å². The van der Waals surface area contributed by atoms with Crippen LogP contribution >= 0.6 is 0 Å². The highest BCUT2D eigenvalue weighted by Crippen LogP contribution is 2.14. The van der Waals surface area contributed by atoms with E-state index in [2.05, 4.69) is 0 Å². The van der Waals surface area contributed by atoms with E-state index in [0.29, 0.717) is 25.4 Å². The lowest BCUT2D eigenvalue weighted by atomic mass is 10.2. The molecule has 5 nitrogen and oxygen atoms in total. The predicted octanol–water partition coefficient (Wildman–Crippen LogP) is 1.55. The molecule has 1 aromatic rings. The van der Waals surface area contributed by atoms with Gasteiger partial charge in [-0.1, -0.05) is 12.1 Å². The van der Waals surface area contributed by atoms with Crippen LogP contribution in [0.15, 0.2) is 24.3 Å². The number of nitrogens with zero attached hydrogens (tertiary/aromatic N) is 1. The molecular formula is C16H24N2O3. The van der Waals surface area contributed by atoms with Crippen molar-refractivity contribution in [2.75, 3.05) is 26.3 Å². The van der Waals surface area contributed by atoms with Crippen LogP contribution < -0.4 is 10.5 Å². The third kappa shape index (κ3) is 4.72. The highest BCUT2D eigenvalue weighted by atomic mass is 16.5. The van der Waals surface area contributed by atoms with E-state index in [0.717, 1.165) is 25.0 Å². The zero-order chi connectivity index (χ0) is 15.1. The van der Waals surface area contributed by atoms with E-state index in [1.165, 1.54) is 0 Å². The Bertz CT molecular complexity index is 441. The number of likely N-dealkylation sites (N-methyl/N-ethyl adjacent to an activating group) is 1. The molecule has 0 radical (unpaired) electrons. The number of nitrogens with two attached hydrogens (primary N) is 1. The van der Waals surface area contributed by atoms with Crippen LogP contribution in [0, 0.1) is 0 Å². The molecule has 1 fully saturated rings. The summed E-state index contributed by atoms with van der Waals surface area (Å²) >= 11 is 0. The van der Waals surface area contributed by atoms with Gasteiger partial charge in [0.2, 0.25) is 0 Å². The average Bonchev–Trinajstić information content (AvgIpc) is 3.03. The molecule has 2 N–H and O–H groups in total. The smallest absolute Gasteiger partial charge is 0.260 e. The summed E-state index contributed by atoms with van der Waals surface area (Å²) in [6, 6.07) is 7.49. The summed E-state index contributed by atoms with van der Waals surface area (Å²) in [6.45, 7) is 4.68. The third-order valence-corrected chi connectivity index (χ3v) is 3.70. The molecule has 1 aliphatic rings. The molecular weight excluding hydrogens is 268 g/mol. The van der Waals surface area contributed by atoms with Crippen LogP contribution in [0.25, 0.3) is 0 Å². The minimum absolute atomic E-state index is 0.00380. The number of benzene rings is 1. The molecule has 0 aliphatic carbocycles. The van der Waals surface area contributed by atoms with E-state index in [1.807, 2.05) is 31.2 Å². The van der Waals surface area contributed by atoms with Crippen molar-refractivity contribution in [2.45, 2.75) is 32.4 Å². The molecule has 1 amide bonds. The SMILES string of the molecule is CCN(CC1CCCO1)C(=O)COc1ccc(CN)cc1. The Balaban J connectivity index is 1.80. The number of ether oxygens (including phenoxy) is 2. The van der Waals surface area contributed by atoms with Gasteiger partial charge in [-0.05, 0) is 37.5 Å². The molecule has 0 aromatic heterocycles. The summed E-state index contributed by atoms with van der Waals surface area (Å²) in [5.41, 5.74) is 6.59. The van der Waals surface area contributed by atoms with E-state index < -0.39 is 0 Å². The Kier molecular flexibility index (Phi) is 6.02. The van der Waals surface area contributed by atoms with E-state index in [-0.39, 0.29) is 18.6 Å². The van der Waals surface area contributed by atoms with Crippen LogP contribution in [0.3, 0.4) is 0 Å². The minimum Gasteiger partial charge on any atom is -0.484 e. The molecule has 116 valence electrons. The van der Waals surface area contributed by atoms with Crippen LogP contribution in [0.4, 0.5) is 0 Å². The molecule has 1 heterocycles. The first-order valence-electron chi connectivity index (χ1n) is 7.54. The Morgan fingerprint density at radius 2 is 2.19 bits per heavy atom. The lowest BCUT2D eigenvalue weighted by Crippen LogP contribution is -2.39. The van der Waals surface area contributed by atoms with Gasteiger partial charge in [0.15, 0.2) is 6.61 Å². The Labute approximate surface area is 126 Å². The average molecular weight is 292 g/mol. The number of carbonyl (C=O) groups excluding carboxylic acids is 1. The van der Waals surface area contributed by atoms with Gasteiger partial charge in [-0.25, -0.2) is 0 Å². The number of amides is 1. The van der Waals surface area contributed by atoms with Crippen molar-refractivity contribution in [3.8, 4) is 5.75 Å². The zero-order valence-electron chi connectivity index (χ0n) is 12.6. The normalized spacial score (nSPS) is 17.7. The van der Waals surface area contributed by atoms with Crippen LogP contribution in [-0.4, -0.2) is 43.2 Å². The molecule has 1 saturated heterocycles. The number of rotatable bonds is 7. The Morgan fingerprint density at radius 1 is 1.43 bits per heavy atom. The van der Waals surface area contributed by atoms with Gasteiger partial charge in [-0.15, -0.1) is 0 Å². The van der Waals surface area contributed by atoms with Gasteiger partial charge in [0, 0.05) is 26.2 Å². The Hall–Kier alpha value is -1.59. The fourth-order valence-electron chi connectivity index (χ4n) is 2.40. The molecule has 2 rings (SSSR count). The lowest BCUT2D eigenvalue weighted by molar-refractivity contribution is -0.134. The third-order valence-electron chi connectivity index (χ3n) is 3.70. The number of hydrogen-bond acceptors (Lipinski definition) is 4. The van der Waals surface area contributed by atoms with Gasteiger partial charge >= 0.3 is 0 Å². The highest BCUT2D eigenvalue weighted by molar-refractivity contribution is 5.77. The van der Waals surface area contributed by atoms with Crippen molar-refractivity contribution >= 4 is 5.91 Å². The van der Waals surface area contributed by atoms with Crippen molar-refractivity contribution in [3.05, 3.63) is 29.8 Å². The summed E-state index contributed by atoms with van der Waals surface area (Å²) < 4.78 is 11.1. The van der Waals surface area contributed by atoms with Gasteiger partial charge in [0.25, 0.3) is 5.91 Å². The van der Waals surface area contributed by atoms with Crippen molar-refractivity contribution < 1.29 is 14.3 Å². The summed E-state index contributed by atoms with van der Waals surface area (Å²) in [4.78, 5) is 14.0. The van der Waals surface area contributed by atoms with Gasteiger partial charge in [-0.2, -0.15) is 0 Å². The molecule has 0 bridgehead atoms. The number of hydrogen-bond donors (Lipinski definition) is 1. The molecule has 21 heavy (non-hydrogen) atoms. The fraction of sp³-hybridized carbons (Fsp3) is 0.562. The summed E-state index contributed by atoms with van der Waals surface area (Å²) in [5, 5.41) is 0. The molecule has 0 saturated carbocycles. The second-order valence-corrected chi connectivity index (χ2v) is 5.20. The van der Waals surface area contributed by atoms with E-state index in [4.69, 9.17) is 15.2 Å². The van der Waals surface area contributed by atoms with Crippen LogP contribution in [0.1, 0.15) is 25.3 Å². The second-order valence-electron chi connectivity index (χ2n) is 5.20. The van der Waals surface area contributed by atoms with Crippen LogP contribution in [-0.2, 0) is 16.1 Å². The topological polar surface area (TPSA) is 64.8 Å². The van der Waals surface area contributed by atoms with E-state index in [1.54, 1.807) is 4.90 Å². The van der Waals surface area contributed by atoms with E-state index in [9.17, 15) is 4.79 Å². The van der Waals surface area contributed by atoms with Gasteiger partial charge in [0.05, 0.1) is 6.10 Å². The largest absolute Gasteiger partial charge is 0.484 e. The summed E-state index contributed by atoms with van der Waals surface area (Å²) in [6.07, 6.45) is 2.30. The molecule has 1 atom stereocenters. The standard InChI is InChI=1S/C16H24N2O3/c1-2-18(11-15-4-3-9-20-15)16(19)12-21-14-7-5-13(10-17)6-8-14/h5-8,15H,2-4,9-12,17H2,1H3. The van der Waals surface area contributed by atoms with Gasteiger partial charge < -0.3 is 20.1 Å². The van der Waals surface area contributed by atoms with E-state index >= 15 is 0 Å². The Morgan fingerprint density at radius 3 is 2.76 bits per heavy atom. The predicted molar refractivity (Wildman–Crippen MR) is 81.1 cm³/mol. The number of carbonyl (C=O) groups is 1. The molecule has 0 spiro atoms. The maximum Gasteiger partial charge on any atom is 0.260 e. The lowest BCUT2D eigenvalue weighted by Gasteiger charge is -2.24. The quantitative estimate of drug-likeness (QED) is 0.828. The van der Waals surface area contributed by atoms with Crippen LogP contribution in [0.5, 0.6) is 5.75 Å². The molecule has 5 heteroatoms. The maximum atomic E-state index is 12.2. The van der Waals surface area contributed by atoms with Crippen molar-refractivity contribution in [1.82, 2.24) is 4.90 Å². The van der Waals surface area contributed by atoms with Gasteiger partial charge in [-0.3, -0.25) is 4.79 Å². The molecule has 1 aromatic carbocycles. The molecule has 1 unspecified atom stereocenters. The van der Waals surface area contributed by atoms with Crippen molar-refractivity contribution in [1.29, 1.82) is 0 Å². The summed E-state index contributed by atoms with van der Waals surface area (Å²) in [5.74, 6) is 0.685. The first-order valence-corrected chi connectivity index (χ1v) is 7.54. The zero-order valence-corrected chi connectivity index (χ0v) is 12.6. The van der Waals surface area contributed by atoms with Crippen LogP contribution in [0.2, 0.25) is 0 Å². The highest BCUT2D eigenvalue weighted by Gasteiger charge is 2.21. The first kappa shape index (κ1) is 15.8. The summed E-state index contributed by atoms with van der Waals surface area (Å²) in [7, 11) is 0. The van der Waals surface area contributed by atoms with Crippen molar-refractivity contribution in [3.63, 3.8) is 0 Å². The minimum atomic E-state index is -0.00380. The fourth-order valence-corrected chi connectivity index (χ4v) is 2.40. The maximum absolute atomic E-state index is 12.2. The van der Waals surface area contributed by atoms with Gasteiger partial charge in [0.1, 0.15) is 5.75 Å². The first-order chi connectivity index (χ1) is 10.2. The monoisotopic (exact) mass is 292 g/mol. The second kappa shape index (κ2) is 8.00.